The Balaban J connectivity index is 1.14. The van der Waals surface area contributed by atoms with Gasteiger partial charge in [0, 0.05) is 42.4 Å². The van der Waals surface area contributed by atoms with Crippen molar-refractivity contribution in [2.75, 3.05) is 0 Å². The molecule has 0 saturated carbocycles. The molecule has 4 nitrogen and oxygen atoms in total. The average Bonchev–Trinajstić information content (AvgIpc) is 3.83. The van der Waals surface area contributed by atoms with Crippen molar-refractivity contribution >= 4 is 63.5 Å². The molecule has 11 aromatic rings. The standard InChI is InChI=1S/C50H30N4S2/c1-3-17-31(18-4-1)43-45(53-49-47(51-43)39-27-13-15-29-41(39)55-49)37-25-11-9-23-35(37)33-21-7-8-22-34(33)36-24-10-12-26-38(36)46-44(32-19-5-2-6-20-32)52-48-40-28-14-16-30-42(40)56-50(48)54-46/h1-30H. The second-order valence-electron chi connectivity index (χ2n) is 13.7. The summed E-state index contributed by atoms with van der Waals surface area (Å²) in [6.07, 6.45) is 0. The summed E-state index contributed by atoms with van der Waals surface area (Å²) in [7, 11) is 0. The zero-order valence-corrected chi connectivity index (χ0v) is 31.6. The first-order valence-corrected chi connectivity index (χ1v) is 20.2. The van der Waals surface area contributed by atoms with E-state index < -0.39 is 0 Å². The molecule has 7 aromatic carbocycles. The lowest BCUT2D eigenvalue weighted by Gasteiger charge is -2.18. The van der Waals surface area contributed by atoms with E-state index in [0.717, 1.165) is 98.7 Å². The van der Waals surface area contributed by atoms with Crippen molar-refractivity contribution in [1.82, 2.24) is 19.9 Å². The topological polar surface area (TPSA) is 51.6 Å². The van der Waals surface area contributed by atoms with Gasteiger partial charge in [-0.1, -0.05) is 170 Å². The van der Waals surface area contributed by atoms with Crippen LogP contribution in [0.25, 0.3) is 108 Å². The molecule has 0 aliphatic rings. The van der Waals surface area contributed by atoms with Crippen LogP contribution in [0.2, 0.25) is 0 Å². The van der Waals surface area contributed by atoms with Crippen molar-refractivity contribution < 1.29 is 0 Å². The molecule has 0 fully saturated rings. The third-order valence-corrected chi connectivity index (χ3v) is 12.5. The summed E-state index contributed by atoms with van der Waals surface area (Å²) in [5.41, 5.74) is 13.8. The summed E-state index contributed by atoms with van der Waals surface area (Å²) >= 11 is 3.38. The molecule has 0 spiro atoms. The maximum atomic E-state index is 5.44. The van der Waals surface area contributed by atoms with Gasteiger partial charge in [0.05, 0.1) is 22.8 Å². The fourth-order valence-corrected chi connectivity index (χ4v) is 9.85. The molecule has 0 aliphatic heterocycles. The smallest absolute Gasteiger partial charge is 0.143 e. The van der Waals surface area contributed by atoms with Crippen molar-refractivity contribution in [3.05, 3.63) is 182 Å². The fourth-order valence-electron chi connectivity index (χ4n) is 7.82. The number of rotatable bonds is 6. The average molecular weight is 751 g/mol. The van der Waals surface area contributed by atoms with Crippen LogP contribution in [-0.4, -0.2) is 19.9 Å². The highest BCUT2D eigenvalue weighted by Gasteiger charge is 2.23. The number of benzene rings is 7. The maximum Gasteiger partial charge on any atom is 0.143 e. The van der Waals surface area contributed by atoms with Crippen LogP contribution >= 0.6 is 22.7 Å². The number of aromatic nitrogens is 4. The Bertz CT molecular complexity index is 3040. The van der Waals surface area contributed by atoms with Crippen LogP contribution in [0.15, 0.2) is 182 Å². The molecule has 0 aliphatic carbocycles. The van der Waals surface area contributed by atoms with Gasteiger partial charge in [0.1, 0.15) is 20.7 Å². The Kier molecular flexibility index (Phi) is 7.83. The van der Waals surface area contributed by atoms with Crippen molar-refractivity contribution in [2.45, 2.75) is 0 Å². The zero-order chi connectivity index (χ0) is 37.0. The Morgan fingerprint density at radius 2 is 0.589 bits per heavy atom. The monoisotopic (exact) mass is 750 g/mol. The van der Waals surface area contributed by atoms with Gasteiger partial charge in [-0.2, -0.15) is 0 Å². The molecule has 11 rings (SSSR count). The first-order chi connectivity index (χ1) is 27.8. The molecular formula is C50H30N4S2. The third-order valence-electron chi connectivity index (χ3n) is 10.4. The minimum absolute atomic E-state index is 0.862. The molecule has 0 atom stereocenters. The van der Waals surface area contributed by atoms with Gasteiger partial charge >= 0.3 is 0 Å². The van der Waals surface area contributed by atoms with Crippen LogP contribution in [0.1, 0.15) is 0 Å². The SMILES string of the molecule is c1ccc(-c2nc3c(nc2-c2ccccc2-c2ccccc2-c2ccccc2-c2nc4sc5ccccc5c4nc2-c2ccccc2)sc2ccccc23)cc1. The summed E-state index contributed by atoms with van der Waals surface area (Å²) in [6, 6.07) is 63.6. The van der Waals surface area contributed by atoms with Gasteiger partial charge in [-0.3, -0.25) is 0 Å². The fraction of sp³-hybridized carbons (Fsp3) is 0. The van der Waals surface area contributed by atoms with Crippen molar-refractivity contribution in [1.29, 1.82) is 0 Å². The first-order valence-electron chi connectivity index (χ1n) is 18.6. The predicted molar refractivity (Wildman–Crippen MR) is 236 cm³/mol. The van der Waals surface area contributed by atoms with Crippen LogP contribution in [0, 0.1) is 0 Å². The highest BCUT2D eigenvalue weighted by molar-refractivity contribution is 7.25. The molecule has 0 amide bonds. The normalized spacial score (nSPS) is 11.6. The van der Waals surface area contributed by atoms with Gasteiger partial charge in [-0.25, -0.2) is 19.9 Å². The lowest BCUT2D eigenvalue weighted by Crippen LogP contribution is -1.98. The summed E-state index contributed by atoms with van der Waals surface area (Å²) in [4.78, 5) is 23.5. The van der Waals surface area contributed by atoms with E-state index in [2.05, 4.69) is 170 Å². The molecule has 4 heterocycles. The van der Waals surface area contributed by atoms with E-state index in [1.807, 2.05) is 12.1 Å². The Morgan fingerprint density at radius 3 is 1.00 bits per heavy atom. The van der Waals surface area contributed by atoms with Gasteiger partial charge in [0.15, 0.2) is 0 Å². The van der Waals surface area contributed by atoms with Crippen molar-refractivity contribution in [2.24, 2.45) is 0 Å². The van der Waals surface area contributed by atoms with Crippen LogP contribution in [0.5, 0.6) is 0 Å². The van der Waals surface area contributed by atoms with E-state index in [4.69, 9.17) is 19.9 Å². The van der Waals surface area contributed by atoms with Crippen LogP contribution in [-0.2, 0) is 0 Å². The molecule has 262 valence electrons. The minimum Gasteiger partial charge on any atom is -0.242 e. The number of hydrogen-bond acceptors (Lipinski definition) is 6. The van der Waals surface area contributed by atoms with E-state index in [1.54, 1.807) is 22.7 Å². The Labute approximate surface area is 331 Å². The van der Waals surface area contributed by atoms with Gasteiger partial charge in [0.2, 0.25) is 0 Å². The highest BCUT2D eigenvalue weighted by Crippen LogP contribution is 2.46. The van der Waals surface area contributed by atoms with Gasteiger partial charge in [-0.05, 0) is 34.4 Å². The van der Waals surface area contributed by atoms with E-state index in [-0.39, 0.29) is 0 Å². The maximum absolute atomic E-state index is 5.44. The minimum atomic E-state index is 0.862. The van der Waals surface area contributed by atoms with E-state index >= 15 is 0 Å². The Morgan fingerprint density at radius 1 is 0.268 bits per heavy atom. The van der Waals surface area contributed by atoms with Gasteiger partial charge in [0.25, 0.3) is 0 Å². The molecule has 6 heteroatoms. The quantitative estimate of drug-likeness (QED) is 0.170. The number of nitrogens with zero attached hydrogens (tertiary/aromatic N) is 4. The highest BCUT2D eigenvalue weighted by atomic mass is 32.1. The third kappa shape index (κ3) is 5.41. The van der Waals surface area contributed by atoms with Crippen molar-refractivity contribution in [3.8, 4) is 67.3 Å². The van der Waals surface area contributed by atoms with Crippen LogP contribution < -0.4 is 0 Å². The molecule has 0 radical (unpaired) electrons. The predicted octanol–water partition coefficient (Wildman–Crippen LogP) is 14.0. The molecule has 0 N–H and O–H groups in total. The van der Waals surface area contributed by atoms with E-state index in [9.17, 15) is 0 Å². The summed E-state index contributed by atoms with van der Waals surface area (Å²) in [5.74, 6) is 0. The number of fused-ring (bicyclic) bond motifs is 6. The number of thiophene rings is 2. The molecule has 0 unspecified atom stereocenters. The molecule has 56 heavy (non-hydrogen) atoms. The lowest BCUT2D eigenvalue weighted by molar-refractivity contribution is 1.31. The van der Waals surface area contributed by atoms with Crippen LogP contribution in [0.4, 0.5) is 0 Å². The molecule has 0 saturated heterocycles. The molecular weight excluding hydrogens is 721 g/mol. The van der Waals surface area contributed by atoms with Gasteiger partial charge < -0.3 is 0 Å². The molecule has 4 aromatic heterocycles. The van der Waals surface area contributed by atoms with E-state index in [0.29, 0.717) is 0 Å². The second kappa shape index (κ2) is 13.5. The largest absolute Gasteiger partial charge is 0.242 e. The summed E-state index contributed by atoms with van der Waals surface area (Å²) in [6.45, 7) is 0. The number of hydrogen-bond donors (Lipinski definition) is 0. The summed E-state index contributed by atoms with van der Waals surface area (Å²) in [5, 5.41) is 2.26. The zero-order valence-electron chi connectivity index (χ0n) is 29.9. The van der Waals surface area contributed by atoms with Crippen LogP contribution in [0.3, 0.4) is 0 Å². The lowest BCUT2D eigenvalue weighted by atomic mass is 9.87. The van der Waals surface area contributed by atoms with Crippen molar-refractivity contribution in [3.63, 3.8) is 0 Å². The molecule has 0 bridgehead atoms. The second-order valence-corrected chi connectivity index (χ2v) is 15.8. The van der Waals surface area contributed by atoms with E-state index in [1.165, 1.54) is 9.40 Å². The van der Waals surface area contributed by atoms with Gasteiger partial charge in [-0.15, -0.1) is 22.7 Å². The summed E-state index contributed by atoms with van der Waals surface area (Å²) < 4.78 is 2.36. The first kappa shape index (κ1) is 32.6. The Hall–Kier alpha value is -6.86.